The lowest BCUT2D eigenvalue weighted by atomic mass is 10.3. The summed E-state index contributed by atoms with van der Waals surface area (Å²) in [5, 5.41) is 20.5. The van der Waals surface area contributed by atoms with Crippen LogP contribution in [0.25, 0.3) is 5.69 Å². The molecular formula is C12H12Cl2N4O2. The molecule has 0 spiro atoms. The van der Waals surface area contributed by atoms with Gasteiger partial charge in [-0.25, -0.2) is 4.68 Å². The summed E-state index contributed by atoms with van der Waals surface area (Å²) in [5.41, 5.74) is 1.38. The zero-order chi connectivity index (χ0) is 14.5. The van der Waals surface area contributed by atoms with Gasteiger partial charge in [0, 0.05) is 18.1 Å². The van der Waals surface area contributed by atoms with Crippen LogP contribution in [0.2, 0.25) is 10.0 Å². The summed E-state index contributed by atoms with van der Waals surface area (Å²) in [4.78, 5) is 10.4. The highest BCUT2D eigenvalue weighted by molar-refractivity contribution is 6.35. The number of aromatic nitrogens is 3. The van der Waals surface area contributed by atoms with Crippen LogP contribution in [0.5, 0.6) is 0 Å². The fourth-order valence-electron chi connectivity index (χ4n) is 1.58. The number of rotatable bonds is 6. The van der Waals surface area contributed by atoms with Gasteiger partial charge in [-0.15, -0.1) is 5.10 Å². The van der Waals surface area contributed by atoms with Crippen molar-refractivity contribution in [2.45, 2.75) is 13.0 Å². The van der Waals surface area contributed by atoms with Crippen LogP contribution in [0.4, 0.5) is 0 Å². The molecule has 6 nitrogen and oxygen atoms in total. The molecule has 2 rings (SSSR count). The lowest BCUT2D eigenvalue weighted by molar-refractivity contribution is -0.136. The highest BCUT2D eigenvalue weighted by Crippen LogP contribution is 2.23. The fourth-order valence-corrected chi connectivity index (χ4v) is 2.07. The third-order valence-electron chi connectivity index (χ3n) is 2.52. The lowest BCUT2D eigenvalue weighted by Gasteiger charge is -2.03. The number of carboxylic acids is 1. The maximum atomic E-state index is 10.4. The van der Waals surface area contributed by atoms with Crippen molar-refractivity contribution in [2.24, 2.45) is 0 Å². The molecular weight excluding hydrogens is 303 g/mol. The Morgan fingerprint density at radius 1 is 1.40 bits per heavy atom. The second kappa shape index (κ2) is 6.69. The van der Waals surface area contributed by atoms with Crippen molar-refractivity contribution in [1.29, 1.82) is 0 Å². The van der Waals surface area contributed by atoms with Gasteiger partial charge in [-0.2, -0.15) is 0 Å². The third-order valence-corrected chi connectivity index (χ3v) is 3.06. The van der Waals surface area contributed by atoms with Crippen molar-refractivity contribution >= 4 is 29.2 Å². The summed E-state index contributed by atoms with van der Waals surface area (Å²) in [7, 11) is 0. The Bertz CT molecular complexity index is 615. The molecule has 1 aromatic carbocycles. The maximum Gasteiger partial charge on any atom is 0.304 e. The van der Waals surface area contributed by atoms with E-state index in [1.54, 1.807) is 29.1 Å². The molecule has 106 valence electrons. The van der Waals surface area contributed by atoms with Crippen LogP contribution < -0.4 is 5.32 Å². The van der Waals surface area contributed by atoms with Gasteiger partial charge >= 0.3 is 5.97 Å². The second-order valence-corrected chi connectivity index (χ2v) is 4.91. The van der Waals surface area contributed by atoms with Crippen LogP contribution in [-0.2, 0) is 11.3 Å². The molecule has 0 amide bonds. The highest BCUT2D eigenvalue weighted by atomic mass is 35.5. The summed E-state index contributed by atoms with van der Waals surface area (Å²) in [6.45, 7) is 0.822. The van der Waals surface area contributed by atoms with Crippen LogP contribution in [0.1, 0.15) is 12.1 Å². The van der Waals surface area contributed by atoms with E-state index in [0.717, 1.165) is 0 Å². The lowest BCUT2D eigenvalue weighted by Crippen LogP contribution is -2.17. The van der Waals surface area contributed by atoms with Crippen molar-refractivity contribution < 1.29 is 9.90 Å². The molecule has 2 N–H and O–H groups in total. The van der Waals surface area contributed by atoms with E-state index in [1.807, 2.05) is 0 Å². The molecule has 20 heavy (non-hydrogen) atoms. The Balaban J connectivity index is 1.99. The molecule has 0 fully saturated rings. The average molecular weight is 315 g/mol. The SMILES string of the molecule is O=C(O)CCNCc1cn(-c2ccc(Cl)cc2Cl)nn1. The first-order chi connectivity index (χ1) is 9.56. The molecule has 0 aliphatic carbocycles. The number of halogens is 2. The fraction of sp³-hybridized carbons (Fsp3) is 0.250. The van der Waals surface area contributed by atoms with Crippen LogP contribution in [0.3, 0.4) is 0 Å². The Labute approximate surface area is 125 Å². The number of carboxylic acid groups (broad SMARTS) is 1. The number of carbonyl (C=O) groups is 1. The summed E-state index contributed by atoms with van der Waals surface area (Å²) in [6.07, 6.45) is 1.79. The molecule has 1 aromatic heterocycles. The summed E-state index contributed by atoms with van der Waals surface area (Å²) >= 11 is 11.9. The molecule has 0 unspecified atom stereocenters. The number of hydrogen-bond donors (Lipinski definition) is 2. The van der Waals surface area contributed by atoms with E-state index in [-0.39, 0.29) is 6.42 Å². The van der Waals surface area contributed by atoms with Gasteiger partial charge in [0.15, 0.2) is 0 Å². The molecule has 1 heterocycles. The molecule has 8 heteroatoms. The van der Waals surface area contributed by atoms with E-state index in [1.165, 1.54) is 0 Å². The number of aliphatic carboxylic acids is 1. The smallest absolute Gasteiger partial charge is 0.304 e. The average Bonchev–Trinajstić information content (AvgIpc) is 2.83. The molecule has 0 saturated heterocycles. The van der Waals surface area contributed by atoms with Crippen LogP contribution in [0, 0.1) is 0 Å². The van der Waals surface area contributed by atoms with Crippen molar-refractivity contribution in [1.82, 2.24) is 20.3 Å². The van der Waals surface area contributed by atoms with Crippen molar-refractivity contribution in [3.05, 3.63) is 40.1 Å². The standard InChI is InChI=1S/C12H12Cl2N4O2/c13-8-1-2-11(10(14)5-8)18-7-9(16-17-18)6-15-4-3-12(19)20/h1-2,5,7,15H,3-4,6H2,(H,19,20). The van der Waals surface area contributed by atoms with Crippen LogP contribution in [-0.4, -0.2) is 32.6 Å². The first-order valence-corrected chi connectivity index (χ1v) is 6.61. The normalized spacial score (nSPS) is 10.7. The topological polar surface area (TPSA) is 80.0 Å². The third kappa shape index (κ3) is 3.93. The zero-order valence-corrected chi connectivity index (χ0v) is 11.9. The quantitative estimate of drug-likeness (QED) is 0.798. The predicted molar refractivity (Wildman–Crippen MR) is 75.3 cm³/mol. The van der Waals surface area contributed by atoms with Crippen LogP contribution in [0.15, 0.2) is 24.4 Å². The molecule has 0 saturated carbocycles. The van der Waals surface area contributed by atoms with Crippen LogP contribution >= 0.6 is 23.2 Å². The van der Waals surface area contributed by atoms with Crippen molar-refractivity contribution in [3.8, 4) is 5.69 Å². The minimum atomic E-state index is -0.839. The Morgan fingerprint density at radius 2 is 2.20 bits per heavy atom. The van der Waals surface area contributed by atoms with Gasteiger partial charge in [0.05, 0.1) is 29.0 Å². The van der Waals surface area contributed by atoms with E-state index in [0.29, 0.717) is 34.5 Å². The molecule has 0 aliphatic rings. The second-order valence-electron chi connectivity index (χ2n) is 4.07. The van der Waals surface area contributed by atoms with Gasteiger partial charge in [-0.3, -0.25) is 4.79 Å². The van der Waals surface area contributed by atoms with Gasteiger partial charge < -0.3 is 10.4 Å². The van der Waals surface area contributed by atoms with Crippen molar-refractivity contribution in [2.75, 3.05) is 6.54 Å². The first-order valence-electron chi connectivity index (χ1n) is 5.85. The molecule has 0 radical (unpaired) electrons. The van der Waals surface area contributed by atoms with E-state index in [4.69, 9.17) is 28.3 Å². The van der Waals surface area contributed by atoms with E-state index in [2.05, 4.69) is 15.6 Å². The largest absolute Gasteiger partial charge is 0.481 e. The Kier molecular flexibility index (Phi) is 4.94. The number of nitrogens with one attached hydrogen (secondary N) is 1. The maximum absolute atomic E-state index is 10.4. The molecule has 0 aliphatic heterocycles. The van der Waals surface area contributed by atoms with E-state index in [9.17, 15) is 4.79 Å². The first kappa shape index (κ1) is 14.8. The molecule has 0 bridgehead atoms. The number of benzene rings is 1. The monoisotopic (exact) mass is 314 g/mol. The summed E-state index contributed by atoms with van der Waals surface area (Å²) in [6, 6.07) is 5.10. The summed E-state index contributed by atoms with van der Waals surface area (Å²) in [5.74, 6) is -0.839. The van der Waals surface area contributed by atoms with Crippen molar-refractivity contribution in [3.63, 3.8) is 0 Å². The van der Waals surface area contributed by atoms with Gasteiger partial charge in [-0.05, 0) is 18.2 Å². The van der Waals surface area contributed by atoms with E-state index >= 15 is 0 Å². The van der Waals surface area contributed by atoms with Gasteiger partial charge in [0.1, 0.15) is 0 Å². The van der Waals surface area contributed by atoms with Gasteiger partial charge in [-0.1, -0.05) is 28.4 Å². The number of hydrogen-bond acceptors (Lipinski definition) is 4. The molecule has 0 atom stereocenters. The Hall–Kier alpha value is -1.63. The highest BCUT2D eigenvalue weighted by Gasteiger charge is 2.07. The van der Waals surface area contributed by atoms with Gasteiger partial charge in [0.2, 0.25) is 0 Å². The zero-order valence-electron chi connectivity index (χ0n) is 10.4. The molecule has 2 aromatic rings. The summed E-state index contributed by atoms with van der Waals surface area (Å²) < 4.78 is 1.55. The number of nitrogens with zero attached hydrogens (tertiary/aromatic N) is 3. The predicted octanol–water partition coefficient (Wildman–Crippen LogP) is 2.14. The van der Waals surface area contributed by atoms with E-state index < -0.39 is 5.97 Å². The minimum Gasteiger partial charge on any atom is -0.481 e. The van der Waals surface area contributed by atoms with Gasteiger partial charge in [0.25, 0.3) is 0 Å². The minimum absolute atomic E-state index is 0.0666. The Morgan fingerprint density at radius 3 is 2.90 bits per heavy atom.